The van der Waals surface area contributed by atoms with E-state index in [1.807, 2.05) is 30.3 Å². The number of nitriles is 1. The smallest absolute Gasteiger partial charge is 0.271 e. The van der Waals surface area contributed by atoms with Crippen LogP contribution < -0.4 is 10.1 Å². The molecule has 0 saturated heterocycles. The molecule has 0 radical (unpaired) electrons. The highest BCUT2D eigenvalue weighted by molar-refractivity contribution is 14.1. The van der Waals surface area contributed by atoms with E-state index in [1.165, 1.54) is 24.3 Å². The van der Waals surface area contributed by atoms with Crippen LogP contribution in [0, 0.1) is 35.5 Å². The Hall–Kier alpha value is -2.69. The third-order valence-corrected chi connectivity index (χ3v) is 6.53. The molecule has 3 aromatic rings. The number of carbonyl (C=O) groups excluding carboxylic acids is 1. The Bertz CT molecular complexity index is 1310. The maximum Gasteiger partial charge on any atom is 0.271 e. The number of nitro groups is 1. The van der Waals surface area contributed by atoms with Gasteiger partial charge in [0.2, 0.25) is 0 Å². The number of benzene rings is 3. The lowest BCUT2D eigenvalue weighted by atomic mass is 10.1. The van der Waals surface area contributed by atoms with Gasteiger partial charge in [0.25, 0.3) is 11.6 Å². The van der Waals surface area contributed by atoms with Gasteiger partial charge in [-0.2, -0.15) is 5.26 Å². The first-order valence-electron chi connectivity index (χ1n) is 9.72. The summed E-state index contributed by atoms with van der Waals surface area (Å²) in [4.78, 5) is 23.2. The minimum absolute atomic E-state index is 0.132. The van der Waals surface area contributed by atoms with Crippen LogP contribution >= 0.6 is 56.8 Å². The summed E-state index contributed by atoms with van der Waals surface area (Å²) in [7, 11) is 0. The van der Waals surface area contributed by atoms with Crippen LogP contribution in [0.15, 0.2) is 60.2 Å². The molecular weight excluding hydrogens is 684 g/mol. The van der Waals surface area contributed by atoms with Crippen molar-refractivity contribution in [3.63, 3.8) is 0 Å². The largest absolute Gasteiger partial charge is 0.487 e. The molecule has 7 nitrogen and oxygen atoms in total. The van der Waals surface area contributed by atoms with Crippen molar-refractivity contribution in [2.75, 3.05) is 5.32 Å². The number of hydrogen-bond donors (Lipinski definition) is 1. The molecule has 1 amide bonds. The molecule has 0 atom stereocenters. The van der Waals surface area contributed by atoms with Gasteiger partial charge in [-0.05, 0) is 99.1 Å². The average molecular weight is 700 g/mol. The molecule has 0 unspecified atom stereocenters. The van der Waals surface area contributed by atoms with Crippen LogP contribution in [-0.4, -0.2) is 10.8 Å². The van der Waals surface area contributed by atoms with Gasteiger partial charge < -0.3 is 10.1 Å². The summed E-state index contributed by atoms with van der Waals surface area (Å²) in [6.07, 6.45) is 1.47. The Labute approximate surface area is 228 Å². The molecule has 1 N–H and O–H groups in total. The van der Waals surface area contributed by atoms with Crippen molar-refractivity contribution in [2.24, 2.45) is 0 Å². The van der Waals surface area contributed by atoms with Gasteiger partial charge in [-0.1, -0.05) is 29.8 Å². The van der Waals surface area contributed by atoms with Gasteiger partial charge in [-0.15, -0.1) is 0 Å². The summed E-state index contributed by atoms with van der Waals surface area (Å²) in [5, 5.41) is 23.8. The summed E-state index contributed by atoms with van der Waals surface area (Å²) in [5.41, 5.74) is 2.25. The van der Waals surface area contributed by atoms with Crippen molar-refractivity contribution in [1.29, 1.82) is 5.26 Å². The Morgan fingerprint density at radius 2 is 1.82 bits per heavy atom. The van der Waals surface area contributed by atoms with Crippen molar-refractivity contribution >= 4 is 80.1 Å². The Balaban J connectivity index is 1.79. The van der Waals surface area contributed by atoms with Crippen molar-refractivity contribution in [3.8, 4) is 11.8 Å². The number of nitrogens with zero attached hydrogens (tertiary/aromatic N) is 2. The number of nitrogens with one attached hydrogen (secondary N) is 1. The first kappa shape index (κ1) is 25.9. The fraction of sp³-hybridized carbons (Fsp3) is 0.0833. The first-order chi connectivity index (χ1) is 16.2. The number of carbonyl (C=O) groups is 1. The Morgan fingerprint density at radius 1 is 1.18 bits per heavy atom. The van der Waals surface area contributed by atoms with Crippen LogP contribution in [0.25, 0.3) is 6.08 Å². The number of anilines is 1. The van der Waals surface area contributed by atoms with Crippen LogP contribution in [-0.2, 0) is 11.4 Å². The second kappa shape index (κ2) is 11.6. The van der Waals surface area contributed by atoms with E-state index < -0.39 is 10.8 Å². The van der Waals surface area contributed by atoms with Crippen LogP contribution in [0.2, 0.25) is 5.02 Å². The van der Waals surface area contributed by atoms with Gasteiger partial charge in [0.15, 0.2) is 0 Å². The number of rotatable bonds is 7. The zero-order valence-electron chi connectivity index (χ0n) is 17.6. The standard InChI is InChI=1S/C24H16ClI2N3O4/c1-14-2-7-19(30(32)33)11-22(14)29-24(31)17(12-28)8-16-9-20(26)23(21(27)10-16)34-13-15-3-5-18(25)6-4-15/h2-11H,13H2,1H3,(H,29,31)/b17-8+. The molecule has 3 rings (SSSR count). The monoisotopic (exact) mass is 699 g/mol. The second-order valence-corrected chi connectivity index (χ2v) is 9.87. The molecule has 0 aliphatic heterocycles. The van der Waals surface area contributed by atoms with Crippen molar-refractivity contribution in [3.05, 3.63) is 99.1 Å². The molecule has 0 heterocycles. The molecular formula is C24H16ClI2N3O4. The van der Waals surface area contributed by atoms with Crippen LogP contribution in [0.5, 0.6) is 5.75 Å². The Morgan fingerprint density at radius 3 is 2.41 bits per heavy atom. The van der Waals surface area contributed by atoms with E-state index in [-0.39, 0.29) is 16.9 Å². The highest BCUT2D eigenvalue weighted by Crippen LogP contribution is 2.31. The number of amides is 1. The molecule has 0 aromatic heterocycles. The number of non-ortho nitro benzene ring substituents is 1. The van der Waals surface area contributed by atoms with Crippen molar-refractivity contribution in [2.45, 2.75) is 13.5 Å². The molecule has 10 heteroatoms. The van der Waals surface area contributed by atoms with E-state index >= 15 is 0 Å². The zero-order valence-corrected chi connectivity index (χ0v) is 22.7. The van der Waals surface area contributed by atoms with E-state index in [2.05, 4.69) is 50.5 Å². The van der Waals surface area contributed by atoms with Gasteiger partial charge >= 0.3 is 0 Å². The lowest BCUT2D eigenvalue weighted by Crippen LogP contribution is -2.14. The summed E-state index contributed by atoms with van der Waals surface area (Å²) >= 11 is 10.2. The van der Waals surface area contributed by atoms with Gasteiger partial charge in [0, 0.05) is 17.2 Å². The number of ether oxygens (including phenoxy) is 1. The molecule has 34 heavy (non-hydrogen) atoms. The summed E-state index contributed by atoms with van der Waals surface area (Å²) in [6.45, 7) is 2.08. The fourth-order valence-corrected chi connectivity index (χ4v) is 5.15. The van der Waals surface area contributed by atoms with Crippen LogP contribution in [0.4, 0.5) is 11.4 Å². The predicted molar refractivity (Wildman–Crippen MR) is 148 cm³/mol. The van der Waals surface area contributed by atoms with Gasteiger partial charge in [-0.3, -0.25) is 14.9 Å². The lowest BCUT2D eigenvalue weighted by molar-refractivity contribution is -0.384. The summed E-state index contributed by atoms with van der Waals surface area (Å²) < 4.78 is 7.61. The van der Waals surface area contributed by atoms with Gasteiger partial charge in [0.1, 0.15) is 24.0 Å². The molecule has 0 fully saturated rings. The molecule has 0 bridgehead atoms. The van der Waals surface area contributed by atoms with E-state index in [4.69, 9.17) is 16.3 Å². The van der Waals surface area contributed by atoms with Crippen LogP contribution in [0.1, 0.15) is 16.7 Å². The van der Waals surface area contributed by atoms with Crippen LogP contribution in [0.3, 0.4) is 0 Å². The first-order valence-corrected chi connectivity index (χ1v) is 12.3. The minimum atomic E-state index is -0.654. The average Bonchev–Trinajstić information content (AvgIpc) is 2.79. The van der Waals surface area contributed by atoms with E-state index in [0.29, 0.717) is 28.5 Å². The second-order valence-electron chi connectivity index (χ2n) is 7.11. The molecule has 0 spiro atoms. The molecule has 3 aromatic carbocycles. The summed E-state index contributed by atoms with van der Waals surface area (Å²) in [6, 6.07) is 17.1. The number of halogens is 3. The molecule has 0 aliphatic rings. The highest BCUT2D eigenvalue weighted by Gasteiger charge is 2.15. The maximum atomic E-state index is 12.7. The number of nitro benzene ring substituents is 1. The number of aryl methyl sites for hydroxylation is 1. The third kappa shape index (κ3) is 6.68. The normalized spacial score (nSPS) is 11.0. The minimum Gasteiger partial charge on any atom is -0.487 e. The third-order valence-electron chi connectivity index (χ3n) is 4.67. The Kier molecular flexibility index (Phi) is 8.87. The van der Waals surface area contributed by atoms with E-state index in [0.717, 1.165) is 12.7 Å². The predicted octanol–water partition coefficient (Wildman–Crippen LogP) is 6.89. The number of hydrogen-bond acceptors (Lipinski definition) is 5. The van der Waals surface area contributed by atoms with E-state index in [9.17, 15) is 20.2 Å². The molecule has 0 saturated carbocycles. The zero-order chi connectivity index (χ0) is 24.8. The lowest BCUT2D eigenvalue weighted by Gasteiger charge is -2.12. The van der Waals surface area contributed by atoms with Crippen molar-refractivity contribution < 1.29 is 14.5 Å². The van der Waals surface area contributed by atoms with Gasteiger partial charge in [-0.25, -0.2) is 0 Å². The highest BCUT2D eigenvalue weighted by atomic mass is 127. The molecule has 0 aliphatic carbocycles. The maximum absolute atomic E-state index is 12.7. The topological polar surface area (TPSA) is 105 Å². The summed E-state index contributed by atoms with van der Waals surface area (Å²) in [5.74, 6) is 0.0441. The van der Waals surface area contributed by atoms with Crippen molar-refractivity contribution in [1.82, 2.24) is 0 Å². The SMILES string of the molecule is Cc1ccc([N+](=O)[O-])cc1NC(=O)/C(C#N)=C/c1cc(I)c(OCc2ccc(Cl)cc2)c(I)c1. The fourth-order valence-electron chi connectivity index (χ4n) is 2.90. The quantitative estimate of drug-likeness (QED) is 0.0951. The van der Waals surface area contributed by atoms with E-state index in [1.54, 1.807) is 19.1 Å². The molecule has 172 valence electrons. The van der Waals surface area contributed by atoms with Gasteiger partial charge in [0.05, 0.1) is 17.8 Å².